The second kappa shape index (κ2) is 7.27. The quantitative estimate of drug-likeness (QED) is 0.581. The molecule has 116 valence electrons. The van der Waals surface area contributed by atoms with E-state index in [1.54, 1.807) is 29.3 Å². The molecule has 0 atom stereocenters. The Morgan fingerprint density at radius 3 is 2.77 bits per heavy atom. The molecule has 0 aliphatic carbocycles. The van der Waals surface area contributed by atoms with Crippen molar-refractivity contribution in [1.29, 1.82) is 0 Å². The average molecular weight is 304 g/mol. The largest absolute Gasteiger partial charge is 0.395 e. The van der Waals surface area contributed by atoms with E-state index >= 15 is 0 Å². The summed E-state index contributed by atoms with van der Waals surface area (Å²) in [7, 11) is 0. The fourth-order valence-corrected chi connectivity index (χ4v) is 1.95. The third kappa shape index (κ3) is 3.44. The zero-order valence-electron chi connectivity index (χ0n) is 12.0. The van der Waals surface area contributed by atoms with E-state index in [9.17, 15) is 10.1 Å². The highest BCUT2D eigenvalue weighted by molar-refractivity contribution is 5.73. The first-order valence-electron chi connectivity index (χ1n) is 6.70. The monoisotopic (exact) mass is 304 g/mol. The molecule has 0 bridgehead atoms. The Labute approximate surface area is 126 Å². The van der Waals surface area contributed by atoms with Gasteiger partial charge in [0.1, 0.15) is 12.1 Å². The minimum atomic E-state index is -0.541. The van der Waals surface area contributed by atoms with Crippen molar-refractivity contribution in [3.8, 4) is 0 Å². The molecule has 0 saturated carbocycles. The van der Waals surface area contributed by atoms with Crippen LogP contribution in [0.2, 0.25) is 0 Å². The first-order chi connectivity index (χ1) is 10.7. The van der Waals surface area contributed by atoms with E-state index in [0.29, 0.717) is 12.4 Å². The number of pyridine rings is 1. The van der Waals surface area contributed by atoms with Crippen molar-refractivity contribution >= 4 is 23.1 Å². The van der Waals surface area contributed by atoms with E-state index in [-0.39, 0.29) is 30.5 Å². The van der Waals surface area contributed by atoms with Crippen LogP contribution in [0.25, 0.3) is 0 Å². The number of rotatable bonds is 7. The second-order valence-corrected chi connectivity index (χ2v) is 4.29. The van der Waals surface area contributed by atoms with Crippen molar-refractivity contribution in [2.75, 3.05) is 29.9 Å². The Balaban J connectivity index is 2.44. The van der Waals surface area contributed by atoms with Gasteiger partial charge in [-0.25, -0.2) is 15.0 Å². The lowest BCUT2D eigenvalue weighted by Gasteiger charge is -2.20. The van der Waals surface area contributed by atoms with Crippen molar-refractivity contribution < 1.29 is 10.0 Å². The third-order valence-corrected chi connectivity index (χ3v) is 2.95. The number of hydrogen-bond donors (Lipinski definition) is 2. The van der Waals surface area contributed by atoms with Gasteiger partial charge in [-0.15, -0.1) is 0 Å². The molecular formula is C13H16N6O3. The van der Waals surface area contributed by atoms with Crippen molar-refractivity contribution in [2.45, 2.75) is 6.92 Å². The van der Waals surface area contributed by atoms with Gasteiger partial charge in [0.05, 0.1) is 11.5 Å². The van der Waals surface area contributed by atoms with E-state index < -0.39 is 4.92 Å². The third-order valence-electron chi connectivity index (χ3n) is 2.95. The number of likely N-dealkylation sites (N-methyl/N-ethyl adjacent to an activating group) is 1. The molecule has 0 radical (unpaired) electrons. The summed E-state index contributed by atoms with van der Waals surface area (Å²) in [5, 5.41) is 23.3. The molecular weight excluding hydrogens is 288 g/mol. The zero-order valence-corrected chi connectivity index (χ0v) is 12.0. The maximum Gasteiger partial charge on any atom is 0.353 e. The van der Waals surface area contributed by atoms with Gasteiger partial charge in [0.15, 0.2) is 0 Å². The summed E-state index contributed by atoms with van der Waals surface area (Å²) in [6, 6.07) is 5.18. The first kappa shape index (κ1) is 15.6. The normalized spacial score (nSPS) is 10.3. The Bertz CT molecular complexity index is 637. The Hall–Kier alpha value is -2.81. The fraction of sp³-hybridized carbons (Fsp3) is 0.308. The molecule has 22 heavy (non-hydrogen) atoms. The maximum atomic E-state index is 11.4. The number of aliphatic hydroxyl groups excluding tert-OH is 1. The highest BCUT2D eigenvalue weighted by Crippen LogP contribution is 2.32. The van der Waals surface area contributed by atoms with Crippen molar-refractivity contribution in [2.24, 2.45) is 0 Å². The van der Waals surface area contributed by atoms with Crippen LogP contribution in [0.15, 0.2) is 30.7 Å². The van der Waals surface area contributed by atoms with Gasteiger partial charge in [-0.2, -0.15) is 0 Å². The van der Waals surface area contributed by atoms with Crippen LogP contribution in [0.4, 0.5) is 23.1 Å². The molecule has 9 heteroatoms. The molecule has 0 unspecified atom stereocenters. The molecule has 2 rings (SSSR count). The number of nitrogens with one attached hydrogen (secondary N) is 1. The molecule has 0 aliphatic heterocycles. The Kier molecular flexibility index (Phi) is 5.15. The van der Waals surface area contributed by atoms with Gasteiger partial charge in [0.25, 0.3) is 0 Å². The number of nitro groups is 1. The van der Waals surface area contributed by atoms with E-state index in [0.717, 1.165) is 0 Å². The lowest BCUT2D eigenvalue weighted by molar-refractivity contribution is -0.383. The number of hydrogen-bond acceptors (Lipinski definition) is 8. The summed E-state index contributed by atoms with van der Waals surface area (Å²) in [6.07, 6.45) is 2.81. The van der Waals surface area contributed by atoms with Gasteiger partial charge in [-0.05, 0) is 19.1 Å². The van der Waals surface area contributed by atoms with Gasteiger partial charge >= 0.3 is 5.69 Å². The molecule has 0 aliphatic rings. The lowest BCUT2D eigenvalue weighted by Crippen LogP contribution is -2.28. The fourth-order valence-electron chi connectivity index (χ4n) is 1.95. The molecule has 2 N–H and O–H groups in total. The molecule has 0 aromatic carbocycles. The highest BCUT2D eigenvalue weighted by Gasteiger charge is 2.26. The summed E-state index contributed by atoms with van der Waals surface area (Å²) in [5.74, 6) is 0.667. The van der Waals surface area contributed by atoms with E-state index in [1.165, 1.54) is 6.33 Å². The van der Waals surface area contributed by atoms with Crippen molar-refractivity contribution in [1.82, 2.24) is 15.0 Å². The first-order valence-corrected chi connectivity index (χ1v) is 6.70. The smallest absolute Gasteiger partial charge is 0.353 e. The van der Waals surface area contributed by atoms with Crippen LogP contribution in [-0.2, 0) is 0 Å². The predicted octanol–water partition coefficient (Wildman–Crippen LogP) is 1.34. The SMILES string of the molecule is CCN(CCO)c1ncnc(Nc2ccccn2)c1[N+](=O)[O-]. The van der Waals surface area contributed by atoms with Crippen LogP contribution in [0, 0.1) is 10.1 Å². The zero-order chi connectivity index (χ0) is 15.9. The molecule has 0 amide bonds. The van der Waals surface area contributed by atoms with Gasteiger partial charge in [0.2, 0.25) is 11.6 Å². The molecule has 2 aromatic heterocycles. The molecule has 2 aromatic rings. The number of aromatic nitrogens is 3. The summed E-state index contributed by atoms with van der Waals surface area (Å²) in [4.78, 5) is 24.5. The summed E-state index contributed by atoms with van der Waals surface area (Å²) < 4.78 is 0. The van der Waals surface area contributed by atoms with Gasteiger partial charge in [0, 0.05) is 19.3 Å². The van der Waals surface area contributed by atoms with E-state index in [4.69, 9.17) is 5.11 Å². The van der Waals surface area contributed by atoms with Crippen LogP contribution in [0.3, 0.4) is 0 Å². The highest BCUT2D eigenvalue weighted by atomic mass is 16.6. The van der Waals surface area contributed by atoms with Crippen LogP contribution < -0.4 is 10.2 Å². The van der Waals surface area contributed by atoms with Gasteiger partial charge in [-0.1, -0.05) is 6.07 Å². The topological polar surface area (TPSA) is 117 Å². The standard InChI is InChI=1S/C13H16N6O3/c1-2-18(7-8-20)13-11(19(21)22)12(15-9-16-13)17-10-5-3-4-6-14-10/h3-6,9,20H,2,7-8H2,1H3,(H,14,15,16,17). The van der Waals surface area contributed by atoms with Crippen LogP contribution >= 0.6 is 0 Å². The summed E-state index contributed by atoms with van der Waals surface area (Å²) in [5.41, 5.74) is -0.247. The van der Waals surface area contributed by atoms with Crippen molar-refractivity contribution in [3.05, 3.63) is 40.8 Å². The molecule has 2 heterocycles. The van der Waals surface area contributed by atoms with Gasteiger partial charge < -0.3 is 15.3 Å². The minimum Gasteiger partial charge on any atom is -0.395 e. The molecule has 0 saturated heterocycles. The van der Waals surface area contributed by atoms with Crippen LogP contribution in [0.5, 0.6) is 0 Å². The van der Waals surface area contributed by atoms with E-state index in [2.05, 4.69) is 20.3 Å². The lowest BCUT2D eigenvalue weighted by atomic mass is 10.3. The molecule has 0 fully saturated rings. The minimum absolute atomic E-state index is 0.0603. The Morgan fingerprint density at radius 2 is 2.18 bits per heavy atom. The maximum absolute atomic E-state index is 11.4. The number of anilines is 3. The average Bonchev–Trinajstić information content (AvgIpc) is 2.53. The van der Waals surface area contributed by atoms with E-state index in [1.807, 2.05) is 6.92 Å². The molecule has 0 spiro atoms. The second-order valence-electron chi connectivity index (χ2n) is 4.29. The predicted molar refractivity (Wildman–Crippen MR) is 81.2 cm³/mol. The summed E-state index contributed by atoms with van der Waals surface area (Å²) >= 11 is 0. The number of nitrogens with zero attached hydrogens (tertiary/aromatic N) is 5. The van der Waals surface area contributed by atoms with Gasteiger partial charge in [-0.3, -0.25) is 10.1 Å². The number of aliphatic hydroxyl groups is 1. The Morgan fingerprint density at radius 1 is 1.36 bits per heavy atom. The molecule has 9 nitrogen and oxygen atoms in total. The van der Waals surface area contributed by atoms with Crippen LogP contribution in [-0.4, -0.2) is 44.7 Å². The van der Waals surface area contributed by atoms with Crippen LogP contribution in [0.1, 0.15) is 6.92 Å². The summed E-state index contributed by atoms with van der Waals surface area (Å²) in [6.45, 7) is 2.42. The van der Waals surface area contributed by atoms with Crippen molar-refractivity contribution in [3.63, 3.8) is 0 Å².